The molecule has 0 spiro atoms. The van der Waals surface area contributed by atoms with E-state index >= 15 is 0 Å². The Morgan fingerprint density at radius 3 is 2.64 bits per heavy atom. The molecule has 0 unspecified atom stereocenters. The van der Waals surface area contributed by atoms with Crippen LogP contribution in [-0.2, 0) is 4.79 Å². The third kappa shape index (κ3) is 4.11. The highest BCUT2D eigenvalue weighted by atomic mass is 35.5. The second-order valence-electron chi connectivity index (χ2n) is 4.87. The summed E-state index contributed by atoms with van der Waals surface area (Å²) in [6.45, 7) is 5.39. The maximum absolute atomic E-state index is 11.7. The third-order valence-electron chi connectivity index (χ3n) is 3.01. The van der Waals surface area contributed by atoms with Gasteiger partial charge in [-0.05, 0) is 56.2 Å². The SMILES string of the molecule is C/C(=N\NC(=O)COc1cc(C)c(Cl)c(C)c1)c1ccco1. The number of furan rings is 1. The Balaban J connectivity index is 1.89. The molecule has 0 bridgehead atoms. The first-order chi connectivity index (χ1) is 10.5. The predicted molar refractivity (Wildman–Crippen MR) is 85.5 cm³/mol. The number of aryl methyl sites for hydroxylation is 2. The largest absolute Gasteiger partial charge is 0.484 e. The van der Waals surface area contributed by atoms with Crippen LogP contribution < -0.4 is 10.2 Å². The highest BCUT2D eigenvalue weighted by Crippen LogP contribution is 2.25. The summed E-state index contributed by atoms with van der Waals surface area (Å²) in [4.78, 5) is 11.7. The van der Waals surface area contributed by atoms with Gasteiger partial charge in [0.25, 0.3) is 5.91 Å². The fraction of sp³-hybridized carbons (Fsp3) is 0.250. The quantitative estimate of drug-likeness (QED) is 0.677. The fourth-order valence-corrected chi connectivity index (χ4v) is 1.97. The van der Waals surface area contributed by atoms with Crippen LogP contribution in [0, 0.1) is 13.8 Å². The van der Waals surface area contributed by atoms with Gasteiger partial charge in [0.15, 0.2) is 6.61 Å². The van der Waals surface area contributed by atoms with Crippen molar-refractivity contribution in [3.8, 4) is 5.75 Å². The molecule has 1 N–H and O–H groups in total. The van der Waals surface area contributed by atoms with Gasteiger partial charge in [-0.3, -0.25) is 4.79 Å². The number of carbonyl (C=O) groups excluding carboxylic acids is 1. The molecule has 0 saturated heterocycles. The standard InChI is InChI=1S/C16H17ClN2O3/c1-10-7-13(8-11(2)16(10)17)22-9-15(20)19-18-12(3)14-5-4-6-21-14/h4-8H,9H2,1-3H3,(H,19,20)/b18-12+. The van der Waals surface area contributed by atoms with Crippen molar-refractivity contribution in [3.63, 3.8) is 0 Å². The predicted octanol–water partition coefficient (Wildman–Crippen LogP) is 3.47. The van der Waals surface area contributed by atoms with Crippen molar-refractivity contribution in [2.75, 3.05) is 6.61 Å². The first-order valence-electron chi connectivity index (χ1n) is 6.74. The van der Waals surface area contributed by atoms with Crippen LogP contribution in [0.3, 0.4) is 0 Å². The van der Waals surface area contributed by atoms with Gasteiger partial charge in [-0.1, -0.05) is 11.6 Å². The van der Waals surface area contributed by atoms with Gasteiger partial charge in [0, 0.05) is 5.02 Å². The summed E-state index contributed by atoms with van der Waals surface area (Å²) in [5, 5.41) is 4.65. The molecule has 6 heteroatoms. The molecular weight excluding hydrogens is 304 g/mol. The molecular formula is C16H17ClN2O3. The summed E-state index contributed by atoms with van der Waals surface area (Å²) in [5.41, 5.74) is 4.81. The zero-order chi connectivity index (χ0) is 16.1. The number of rotatable bonds is 5. The Morgan fingerprint density at radius 1 is 1.36 bits per heavy atom. The average molecular weight is 321 g/mol. The zero-order valence-electron chi connectivity index (χ0n) is 12.6. The maximum atomic E-state index is 11.7. The summed E-state index contributed by atoms with van der Waals surface area (Å²) in [6, 6.07) is 7.10. The van der Waals surface area contributed by atoms with Crippen LogP contribution >= 0.6 is 11.6 Å². The Hall–Kier alpha value is -2.27. The number of carbonyl (C=O) groups is 1. The summed E-state index contributed by atoms with van der Waals surface area (Å²) >= 11 is 6.08. The van der Waals surface area contributed by atoms with Crippen LogP contribution in [0.25, 0.3) is 0 Å². The zero-order valence-corrected chi connectivity index (χ0v) is 13.4. The number of hydrazone groups is 1. The molecule has 116 valence electrons. The number of hydrogen-bond donors (Lipinski definition) is 1. The second-order valence-corrected chi connectivity index (χ2v) is 5.25. The molecule has 1 aromatic carbocycles. The van der Waals surface area contributed by atoms with E-state index in [1.807, 2.05) is 13.8 Å². The molecule has 2 aromatic rings. The smallest absolute Gasteiger partial charge is 0.277 e. The Bertz CT molecular complexity index is 670. The Morgan fingerprint density at radius 2 is 2.05 bits per heavy atom. The Labute approximate surface area is 133 Å². The molecule has 1 aromatic heterocycles. The lowest BCUT2D eigenvalue weighted by atomic mass is 10.1. The van der Waals surface area contributed by atoms with Crippen LogP contribution in [0.4, 0.5) is 0 Å². The number of nitrogens with zero attached hydrogens (tertiary/aromatic N) is 1. The summed E-state index contributed by atoms with van der Waals surface area (Å²) < 4.78 is 10.6. The van der Waals surface area contributed by atoms with Gasteiger partial charge >= 0.3 is 0 Å². The number of halogens is 1. The normalized spacial score (nSPS) is 11.4. The first kappa shape index (κ1) is 16.1. The topological polar surface area (TPSA) is 63.8 Å². The summed E-state index contributed by atoms with van der Waals surface area (Å²) in [6.07, 6.45) is 1.55. The minimum absolute atomic E-state index is 0.130. The van der Waals surface area contributed by atoms with E-state index in [-0.39, 0.29) is 12.5 Å². The van der Waals surface area contributed by atoms with Crippen molar-refractivity contribution in [2.45, 2.75) is 20.8 Å². The molecule has 1 heterocycles. The summed E-state index contributed by atoms with van der Waals surface area (Å²) in [7, 11) is 0. The minimum Gasteiger partial charge on any atom is -0.484 e. The molecule has 0 aliphatic carbocycles. The van der Waals surface area contributed by atoms with Gasteiger partial charge in [0.2, 0.25) is 0 Å². The molecule has 0 radical (unpaired) electrons. The van der Waals surface area contributed by atoms with E-state index in [9.17, 15) is 4.79 Å². The number of nitrogens with one attached hydrogen (secondary N) is 1. The number of hydrogen-bond acceptors (Lipinski definition) is 4. The average Bonchev–Trinajstić information content (AvgIpc) is 3.02. The third-order valence-corrected chi connectivity index (χ3v) is 3.60. The number of amides is 1. The van der Waals surface area contributed by atoms with Crippen molar-refractivity contribution in [1.82, 2.24) is 5.43 Å². The Kier molecular flexibility index (Phi) is 5.22. The molecule has 22 heavy (non-hydrogen) atoms. The molecule has 0 aliphatic heterocycles. The lowest BCUT2D eigenvalue weighted by Crippen LogP contribution is -2.25. The van der Waals surface area contributed by atoms with Crippen molar-refractivity contribution >= 4 is 23.2 Å². The van der Waals surface area contributed by atoms with Gasteiger partial charge in [0.1, 0.15) is 17.2 Å². The fourth-order valence-electron chi connectivity index (χ4n) is 1.86. The van der Waals surface area contributed by atoms with Crippen LogP contribution in [0.15, 0.2) is 40.0 Å². The van der Waals surface area contributed by atoms with Crippen molar-refractivity contribution in [1.29, 1.82) is 0 Å². The van der Waals surface area contributed by atoms with Gasteiger partial charge < -0.3 is 9.15 Å². The van der Waals surface area contributed by atoms with Crippen LogP contribution in [0.1, 0.15) is 23.8 Å². The van der Waals surface area contributed by atoms with Crippen molar-refractivity contribution in [2.24, 2.45) is 5.10 Å². The molecule has 5 nitrogen and oxygen atoms in total. The van der Waals surface area contributed by atoms with Gasteiger partial charge in [0.05, 0.1) is 6.26 Å². The molecule has 0 saturated carbocycles. The lowest BCUT2D eigenvalue weighted by Gasteiger charge is -2.09. The van der Waals surface area contributed by atoms with E-state index in [4.69, 9.17) is 20.8 Å². The van der Waals surface area contributed by atoms with E-state index in [0.29, 0.717) is 22.2 Å². The molecule has 2 rings (SSSR count). The van der Waals surface area contributed by atoms with Gasteiger partial charge in [-0.15, -0.1) is 0 Å². The van der Waals surface area contributed by atoms with Crippen molar-refractivity contribution in [3.05, 3.63) is 52.4 Å². The van der Waals surface area contributed by atoms with E-state index in [1.54, 1.807) is 37.5 Å². The molecule has 0 atom stereocenters. The monoisotopic (exact) mass is 320 g/mol. The van der Waals surface area contributed by atoms with Gasteiger partial charge in [-0.25, -0.2) is 5.43 Å². The lowest BCUT2D eigenvalue weighted by molar-refractivity contribution is -0.123. The van der Waals surface area contributed by atoms with E-state index < -0.39 is 0 Å². The van der Waals surface area contributed by atoms with E-state index in [2.05, 4.69) is 10.5 Å². The van der Waals surface area contributed by atoms with Crippen LogP contribution in [-0.4, -0.2) is 18.2 Å². The highest BCUT2D eigenvalue weighted by molar-refractivity contribution is 6.32. The van der Waals surface area contributed by atoms with Crippen LogP contribution in [0.5, 0.6) is 5.75 Å². The molecule has 0 aliphatic rings. The first-order valence-corrected chi connectivity index (χ1v) is 7.11. The van der Waals surface area contributed by atoms with E-state index in [0.717, 1.165) is 11.1 Å². The van der Waals surface area contributed by atoms with Gasteiger partial charge in [-0.2, -0.15) is 5.10 Å². The summed E-state index contributed by atoms with van der Waals surface area (Å²) in [5.74, 6) is 0.850. The van der Waals surface area contributed by atoms with Crippen molar-refractivity contribution < 1.29 is 13.9 Å². The number of ether oxygens (including phenoxy) is 1. The second kappa shape index (κ2) is 7.13. The molecule has 0 fully saturated rings. The van der Waals surface area contributed by atoms with E-state index in [1.165, 1.54) is 0 Å². The number of benzene rings is 1. The minimum atomic E-state index is -0.351. The highest BCUT2D eigenvalue weighted by Gasteiger charge is 2.07. The molecule has 1 amide bonds. The van der Waals surface area contributed by atoms with Crippen LogP contribution in [0.2, 0.25) is 5.02 Å². The maximum Gasteiger partial charge on any atom is 0.277 e.